The number of hydrogen-bond donors (Lipinski definition) is 2. The minimum Gasteiger partial charge on any atom is -0.359 e. The van der Waals surface area contributed by atoms with Crippen LogP contribution in [-0.4, -0.2) is 45.3 Å². The Balaban J connectivity index is 1.67. The molecule has 0 spiro atoms. The molecule has 1 heterocycles. The van der Waals surface area contributed by atoms with Gasteiger partial charge in [-0.05, 0) is 36.6 Å². The summed E-state index contributed by atoms with van der Waals surface area (Å²) in [6.45, 7) is 1.12. The second-order valence-electron chi connectivity index (χ2n) is 7.02. The van der Waals surface area contributed by atoms with E-state index >= 15 is 0 Å². The Bertz CT molecular complexity index is 968. The molecule has 8 heteroatoms. The average Bonchev–Trinajstić information content (AvgIpc) is 2.77. The largest absolute Gasteiger partial charge is 0.359 e. The van der Waals surface area contributed by atoms with Gasteiger partial charge in [0.25, 0.3) is 5.91 Å². The van der Waals surface area contributed by atoms with Crippen molar-refractivity contribution in [2.75, 3.05) is 20.1 Å². The number of carbonyl (C=O) groups is 2. The summed E-state index contributed by atoms with van der Waals surface area (Å²) in [5.41, 5.74) is 1.17. The normalized spacial score (nSPS) is 15.1. The summed E-state index contributed by atoms with van der Waals surface area (Å²) in [5, 5.41) is 2.64. The molecule has 29 heavy (non-hydrogen) atoms. The molecule has 1 fully saturated rings. The molecule has 0 unspecified atom stereocenters. The molecule has 1 saturated heterocycles. The summed E-state index contributed by atoms with van der Waals surface area (Å²) in [4.78, 5) is 26.3. The van der Waals surface area contributed by atoms with Crippen LogP contribution in [0.1, 0.15) is 28.8 Å². The van der Waals surface area contributed by atoms with Crippen LogP contribution in [-0.2, 0) is 21.4 Å². The van der Waals surface area contributed by atoms with E-state index in [-0.39, 0.29) is 29.2 Å². The quantitative estimate of drug-likeness (QED) is 0.752. The van der Waals surface area contributed by atoms with Crippen molar-refractivity contribution in [3.8, 4) is 0 Å². The molecule has 0 bridgehead atoms. The van der Waals surface area contributed by atoms with Crippen molar-refractivity contribution in [2.45, 2.75) is 24.3 Å². The number of benzene rings is 2. The molecule has 154 valence electrons. The third-order valence-corrected chi connectivity index (χ3v) is 6.50. The number of likely N-dealkylation sites (tertiary alicyclic amines) is 1. The Morgan fingerprint density at radius 1 is 1.03 bits per heavy atom. The van der Waals surface area contributed by atoms with Crippen LogP contribution in [0.3, 0.4) is 0 Å². The van der Waals surface area contributed by atoms with Gasteiger partial charge in [-0.3, -0.25) is 9.59 Å². The van der Waals surface area contributed by atoms with Crippen molar-refractivity contribution in [2.24, 2.45) is 5.92 Å². The highest BCUT2D eigenvalue weighted by Crippen LogP contribution is 2.20. The number of nitrogens with zero attached hydrogens (tertiary/aromatic N) is 1. The van der Waals surface area contributed by atoms with Gasteiger partial charge in [0.2, 0.25) is 15.9 Å². The zero-order valence-electron chi connectivity index (χ0n) is 16.3. The third-order valence-electron chi connectivity index (χ3n) is 5.10. The van der Waals surface area contributed by atoms with Gasteiger partial charge < -0.3 is 10.2 Å². The van der Waals surface area contributed by atoms with Crippen molar-refractivity contribution in [1.82, 2.24) is 14.9 Å². The Labute approximate surface area is 171 Å². The lowest BCUT2D eigenvalue weighted by molar-refractivity contribution is -0.125. The van der Waals surface area contributed by atoms with Gasteiger partial charge in [-0.15, -0.1) is 0 Å². The molecule has 1 aliphatic rings. The number of carbonyl (C=O) groups excluding carboxylic acids is 2. The van der Waals surface area contributed by atoms with E-state index in [2.05, 4.69) is 10.0 Å². The van der Waals surface area contributed by atoms with Crippen LogP contribution in [0.4, 0.5) is 0 Å². The van der Waals surface area contributed by atoms with E-state index in [0.29, 0.717) is 31.5 Å². The van der Waals surface area contributed by atoms with Crippen LogP contribution in [0.2, 0.25) is 0 Å². The van der Waals surface area contributed by atoms with Gasteiger partial charge in [0.05, 0.1) is 4.90 Å². The first-order valence-corrected chi connectivity index (χ1v) is 11.0. The zero-order valence-corrected chi connectivity index (χ0v) is 17.1. The van der Waals surface area contributed by atoms with Crippen molar-refractivity contribution >= 4 is 21.8 Å². The first kappa shape index (κ1) is 21.0. The summed E-state index contributed by atoms with van der Waals surface area (Å²) >= 11 is 0. The molecule has 0 saturated carbocycles. The maximum absolute atomic E-state index is 12.8. The van der Waals surface area contributed by atoms with Crippen LogP contribution >= 0.6 is 0 Å². The van der Waals surface area contributed by atoms with E-state index in [0.717, 1.165) is 5.56 Å². The first-order chi connectivity index (χ1) is 13.9. The summed E-state index contributed by atoms with van der Waals surface area (Å²) in [6.07, 6.45) is 1.20. The van der Waals surface area contributed by atoms with E-state index in [4.69, 9.17) is 0 Å². The van der Waals surface area contributed by atoms with E-state index in [1.807, 2.05) is 30.3 Å². The number of amides is 2. The molecule has 0 atom stereocenters. The number of sulfonamides is 1. The molecule has 3 rings (SSSR count). The van der Waals surface area contributed by atoms with Crippen molar-refractivity contribution in [1.29, 1.82) is 0 Å². The summed E-state index contributed by atoms with van der Waals surface area (Å²) in [6, 6.07) is 15.3. The maximum Gasteiger partial charge on any atom is 0.253 e. The maximum atomic E-state index is 12.8. The van der Waals surface area contributed by atoms with Crippen LogP contribution in [0.15, 0.2) is 59.5 Å². The van der Waals surface area contributed by atoms with E-state index in [1.54, 1.807) is 24.1 Å². The smallest absolute Gasteiger partial charge is 0.253 e. The zero-order chi connectivity index (χ0) is 20.9. The monoisotopic (exact) mass is 415 g/mol. The Hall–Kier alpha value is -2.71. The van der Waals surface area contributed by atoms with Crippen LogP contribution in [0, 0.1) is 5.92 Å². The molecule has 1 aliphatic heterocycles. The summed E-state index contributed by atoms with van der Waals surface area (Å²) < 4.78 is 27.8. The van der Waals surface area contributed by atoms with Crippen LogP contribution in [0.25, 0.3) is 0 Å². The van der Waals surface area contributed by atoms with Gasteiger partial charge in [-0.2, -0.15) is 0 Å². The van der Waals surface area contributed by atoms with Gasteiger partial charge in [-0.25, -0.2) is 13.1 Å². The molecule has 0 aromatic heterocycles. The van der Waals surface area contributed by atoms with E-state index in [9.17, 15) is 18.0 Å². The lowest BCUT2D eigenvalue weighted by atomic mass is 9.95. The number of piperidine rings is 1. The van der Waals surface area contributed by atoms with Crippen LogP contribution in [0.5, 0.6) is 0 Å². The predicted molar refractivity (Wildman–Crippen MR) is 110 cm³/mol. The second kappa shape index (κ2) is 9.19. The fourth-order valence-corrected chi connectivity index (χ4v) is 4.45. The van der Waals surface area contributed by atoms with E-state index < -0.39 is 10.0 Å². The predicted octanol–water partition coefficient (Wildman–Crippen LogP) is 1.76. The molecule has 0 aliphatic carbocycles. The molecule has 2 amide bonds. The van der Waals surface area contributed by atoms with Gasteiger partial charge in [0.1, 0.15) is 0 Å². The number of nitrogens with one attached hydrogen (secondary N) is 2. The molecule has 2 aromatic rings. The Kier molecular flexibility index (Phi) is 6.66. The minimum atomic E-state index is -3.74. The highest BCUT2D eigenvalue weighted by Gasteiger charge is 2.27. The standard InChI is InChI=1S/C21H25N3O4S/c1-22-20(25)17-10-12-24(13-11-17)21(26)18-8-5-9-19(14-18)29(27,28)23-15-16-6-3-2-4-7-16/h2-9,14,17,23H,10-13,15H2,1H3,(H,22,25). The van der Waals surface area contributed by atoms with Gasteiger partial charge >= 0.3 is 0 Å². The molecular weight excluding hydrogens is 390 g/mol. The highest BCUT2D eigenvalue weighted by molar-refractivity contribution is 7.89. The minimum absolute atomic E-state index is 0.00493. The number of hydrogen-bond acceptors (Lipinski definition) is 4. The first-order valence-electron chi connectivity index (χ1n) is 9.55. The lowest BCUT2D eigenvalue weighted by Gasteiger charge is -2.31. The SMILES string of the molecule is CNC(=O)C1CCN(C(=O)c2cccc(S(=O)(=O)NCc3ccccc3)c2)CC1. The molecule has 2 aromatic carbocycles. The molecule has 2 N–H and O–H groups in total. The second-order valence-corrected chi connectivity index (χ2v) is 8.79. The van der Waals surface area contributed by atoms with Gasteiger partial charge in [0, 0.05) is 38.2 Å². The average molecular weight is 416 g/mol. The molecular formula is C21H25N3O4S. The van der Waals surface area contributed by atoms with Crippen LogP contribution < -0.4 is 10.0 Å². The van der Waals surface area contributed by atoms with Gasteiger partial charge in [-0.1, -0.05) is 36.4 Å². The highest BCUT2D eigenvalue weighted by atomic mass is 32.2. The fraction of sp³-hybridized carbons (Fsp3) is 0.333. The van der Waals surface area contributed by atoms with Crippen molar-refractivity contribution < 1.29 is 18.0 Å². The van der Waals surface area contributed by atoms with Crippen molar-refractivity contribution in [3.05, 3.63) is 65.7 Å². The Morgan fingerprint density at radius 3 is 2.38 bits per heavy atom. The van der Waals surface area contributed by atoms with Gasteiger partial charge in [0.15, 0.2) is 0 Å². The number of rotatable bonds is 6. The van der Waals surface area contributed by atoms with E-state index in [1.165, 1.54) is 12.1 Å². The molecule has 0 radical (unpaired) electrons. The third kappa shape index (κ3) is 5.21. The van der Waals surface area contributed by atoms with Crippen molar-refractivity contribution in [3.63, 3.8) is 0 Å². The molecule has 7 nitrogen and oxygen atoms in total. The Morgan fingerprint density at radius 2 is 1.72 bits per heavy atom. The summed E-state index contributed by atoms with van der Waals surface area (Å²) in [5.74, 6) is -0.312. The fourth-order valence-electron chi connectivity index (χ4n) is 3.39. The lowest BCUT2D eigenvalue weighted by Crippen LogP contribution is -2.42. The summed E-state index contributed by atoms with van der Waals surface area (Å²) in [7, 11) is -2.13. The topological polar surface area (TPSA) is 95.6 Å².